The van der Waals surface area contributed by atoms with Gasteiger partial charge in [0.25, 0.3) is 0 Å². The summed E-state index contributed by atoms with van der Waals surface area (Å²) in [7, 11) is 1.61. The van der Waals surface area contributed by atoms with Crippen molar-refractivity contribution in [2.45, 2.75) is 18.9 Å². The molecular weight excluding hydrogens is 166 g/mol. The van der Waals surface area contributed by atoms with Crippen molar-refractivity contribution in [3.8, 4) is 5.75 Å². The number of rotatable bonds is 3. The third-order valence-electron chi connectivity index (χ3n) is 2.36. The van der Waals surface area contributed by atoms with Crippen LogP contribution in [0, 0.1) is 5.92 Å². The predicted octanol–water partition coefficient (Wildman–Crippen LogP) is 1.53. The Balaban J connectivity index is 2.18. The summed E-state index contributed by atoms with van der Waals surface area (Å²) in [5, 5.41) is 9.76. The molecular formula is C10H13NO2. The number of pyridine rings is 1. The second kappa shape index (κ2) is 3.34. The molecule has 0 saturated heterocycles. The highest BCUT2D eigenvalue weighted by atomic mass is 16.5. The first-order valence-corrected chi connectivity index (χ1v) is 4.49. The highest BCUT2D eigenvalue weighted by molar-refractivity contribution is 5.24. The summed E-state index contributed by atoms with van der Waals surface area (Å²) in [6.07, 6.45) is 3.48. The van der Waals surface area contributed by atoms with E-state index in [1.165, 1.54) is 0 Å². The number of aliphatic hydroxyl groups is 1. The third-order valence-corrected chi connectivity index (χ3v) is 2.36. The van der Waals surface area contributed by atoms with Crippen molar-refractivity contribution in [2.75, 3.05) is 7.11 Å². The molecule has 0 aliphatic heterocycles. The van der Waals surface area contributed by atoms with Crippen molar-refractivity contribution in [3.05, 3.63) is 24.0 Å². The van der Waals surface area contributed by atoms with Gasteiger partial charge in [-0.05, 0) is 24.8 Å². The van der Waals surface area contributed by atoms with Crippen LogP contribution in [0.5, 0.6) is 5.75 Å². The van der Waals surface area contributed by atoms with Gasteiger partial charge in [-0.25, -0.2) is 0 Å². The summed E-state index contributed by atoms with van der Waals surface area (Å²) in [6.45, 7) is 0. The molecule has 0 aromatic carbocycles. The van der Waals surface area contributed by atoms with E-state index < -0.39 is 6.10 Å². The Morgan fingerprint density at radius 1 is 1.62 bits per heavy atom. The van der Waals surface area contributed by atoms with Gasteiger partial charge in [0.15, 0.2) is 0 Å². The predicted molar refractivity (Wildman–Crippen MR) is 48.5 cm³/mol. The molecule has 0 radical (unpaired) electrons. The Morgan fingerprint density at radius 3 is 3.00 bits per heavy atom. The van der Waals surface area contributed by atoms with Crippen LogP contribution in [0.4, 0.5) is 0 Å². The fourth-order valence-electron chi connectivity index (χ4n) is 1.37. The molecule has 1 aromatic rings. The van der Waals surface area contributed by atoms with Crippen LogP contribution < -0.4 is 4.74 Å². The van der Waals surface area contributed by atoms with Crippen LogP contribution in [0.25, 0.3) is 0 Å². The van der Waals surface area contributed by atoms with Crippen LogP contribution in [-0.2, 0) is 0 Å². The van der Waals surface area contributed by atoms with Gasteiger partial charge < -0.3 is 9.84 Å². The van der Waals surface area contributed by atoms with E-state index in [2.05, 4.69) is 4.98 Å². The number of hydrogen-bond acceptors (Lipinski definition) is 3. The minimum Gasteiger partial charge on any atom is -0.497 e. The quantitative estimate of drug-likeness (QED) is 0.765. The highest BCUT2D eigenvalue weighted by Gasteiger charge is 2.31. The van der Waals surface area contributed by atoms with Gasteiger partial charge in [-0.1, -0.05) is 0 Å². The number of aliphatic hydroxyl groups excluding tert-OH is 1. The molecule has 1 saturated carbocycles. The van der Waals surface area contributed by atoms with Crippen LogP contribution in [-0.4, -0.2) is 17.2 Å². The van der Waals surface area contributed by atoms with Crippen molar-refractivity contribution >= 4 is 0 Å². The number of nitrogens with zero attached hydrogens (tertiary/aromatic N) is 1. The fraction of sp³-hybridized carbons (Fsp3) is 0.500. The van der Waals surface area contributed by atoms with Crippen LogP contribution in [0.1, 0.15) is 24.6 Å². The maximum atomic E-state index is 9.76. The van der Waals surface area contributed by atoms with E-state index >= 15 is 0 Å². The van der Waals surface area contributed by atoms with Crippen LogP contribution in [0.15, 0.2) is 18.3 Å². The smallest absolute Gasteiger partial charge is 0.122 e. The molecule has 0 amide bonds. The zero-order valence-corrected chi connectivity index (χ0v) is 7.60. The van der Waals surface area contributed by atoms with Gasteiger partial charge in [-0.3, -0.25) is 4.98 Å². The molecule has 1 aromatic heterocycles. The first kappa shape index (κ1) is 8.51. The van der Waals surface area contributed by atoms with Gasteiger partial charge >= 0.3 is 0 Å². The maximum absolute atomic E-state index is 9.76. The molecule has 1 aliphatic rings. The largest absolute Gasteiger partial charge is 0.497 e. The average molecular weight is 179 g/mol. The zero-order chi connectivity index (χ0) is 9.26. The lowest BCUT2D eigenvalue weighted by atomic mass is 10.1. The summed E-state index contributed by atoms with van der Waals surface area (Å²) in [5.41, 5.74) is 0.724. The van der Waals surface area contributed by atoms with Crippen molar-refractivity contribution in [1.82, 2.24) is 4.98 Å². The molecule has 1 heterocycles. The number of aromatic nitrogens is 1. The lowest BCUT2D eigenvalue weighted by Gasteiger charge is -2.09. The molecule has 13 heavy (non-hydrogen) atoms. The van der Waals surface area contributed by atoms with E-state index in [4.69, 9.17) is 4.74 Å². The lowest BCUT2D eigenvalue weighted by molar-refractivity contribution is 0.148. The van der Waals surface area contributed by atoms with Gasteiger partial charge in [0.05, 0.1) is 18.9 Å². The van der Waals surface area contributed by atoms with Crippen molar-refractivity contribution in [2.24, 2.45) is 5.92 Å². The maximum Gasteiger partial charge on any atom is 0.122 e. The van der Waals surface area contributed by atoms with E-state index in [9.17, 15) is 5.11 Å². The number of hydrogen-bond donors (Lipinski definition) is 1. The molecule has 70 valence electrons. The Hall–Kier alpha value is -1.09. The van der Waals surface area contributed by atoms with Crippen LogP contribution in [0.3, 0.4) is 0 Å². The first-order valence-electron chi connectivity index (χ1n) is 4.49. The van der Waals surface area contributed by atoms with E-state index in [1.807, 2.05) is 0 Å². The normalized spacial score (nSPS) is 18.3. The minimum atomic E-state index is -0.407. The molecule has 0 bridgehead atoms. The Labute approximate surface area is 77.4 Å². The molecule has 1 N–H and O–H groups in total. The van der Waals surface area contributed by atoms with Gasteiger partial charge in [-0.15, -0.1) is 0 Å². The zero-order valence-electron chi connectivity index (χ0n) is 7.60. The summed E-state index contributed by atoms with van der Waals surface area (Å²) in [5.74, 6) is 1.17. The molecule has 0 spiro atoms. The van der Waals surface area contributed by atoms with Crippen molar-refractivity contribution in [3.63, 3.8) is 0 Å². The molecule has 1 fully saturated rings. The van der Waals surface area contributed by atoms with Crippen molar-refractivity contribution < 1.29 is 9.84 Å². The third kappa shape index (κ3) is 1.80. The molecule has 3 nitrogen and oxygen atoms in total. The first-order chi connectivity index (χ1) is 6.31. The van der Waals surface area contributed by atoms with E-state index in [1.54, 1.807) is 25.4 Å². The van der Waals surface area contributed by atoms with Gasteiger partial charge in [0.2, 0.25) is 0 Å². The fourth-order valence-corrected chi connectivity index (χ4v) is 1.37. The Kier molecular flexibility index (Phi) is 2.19. The molecule has 1 unspecified atom stereocenters. The summed E-state index contributed by atoms with van der Waals surface area (Å²) in [4.78, 5) is 4.12. The average Bonchev–Trinajstić information content (AvgIpc) is 3.00. The molecule has 3 heteroatoms. The topological polar surface area (TPSA) is 42.4 Å². The summed E-state index contributed by atoms with van der Waals surface area (Å²) in [6, 6.07) is 3.58. The molecule has 2 rings (SSSR count). The van der Waals surface area contributed by atoms with Gasteiger partial charge in [-0.2, -0.15) is 0 Å². The van der Waals surface area contributed by atoms with E-state index in [-0.39, 0.29) is 0 Å². The lowest BCUT2D eigenvalue weighted by Crippen LogP contribution is -2.02. The van der Waals surface area contributed by atoms with Gasteiger partial charge in [0, 0.05) is 12.3 Å². The van der Waals surface area contributed by atoms with E-state index in [0.29, 0.717) is 5.92 Å². The summed E-state index contributed by atoms with van der Waals surface area (Å²) < 4.78 is 5.05. The second-order valence-corrected chi connectivity index (χ2v) is 3.40. The number of ether oxygens (including phenoxy) is 1. The Bertz CT molecular complexity index is 297. The minimum absolute atomic E-state index is 0.407. The molecule has 1 atom stereocenters. The summed E-state index contributed by atoms with van der Waals surface area (Å²) >= 11 is 0. The number of methoxy groups -OCH3 is 1. The second-order valence-electron chi connectivity index (χ2n) is 3.40. The monoisotopic (exact) mass is 179 g/mol. The SMILES string of the molecule is COc1ccnc(C(O)C2CC2)c1. The van der Waals surface area contributed by atoms with Crippen LogP contribution in [0.2, 0.25) is 0 Å². The van der Waals surface area contributed by atoms with Crippen molar-refractivity contribution in [1.29, 1.82) is 0 Å². The standard InChI is InChI=1S/C10H13NO2/c1-13-8-4-5-11-9(6-8)10(12)7-2-3-7/h4-7,10,12H,2-3H2,1H3. The van der Waals surface area contributed by atoms with E-state index in [0.717, 1.165) is 24.3 Å². The van der Waals surface area contributed by atoms with Gasteiger partial charge in [0.1, 0.15) is 5.75 Å². The van der Waals surface area contributed by atoms with Crippen LogP contribution >= 0.6 is 0 Å². The highest BCUT2D eigenvalue weighted by Crippen LogP contribution is 2.40. The Morgan fingerprint density at radius 2 is 2.38 bits per heavy atom. The molecule has 1 aliphatic carbocycles.